The quantitative estimate of drug-likeness (QED) is 0.890. The Morgan fingerprint density at radius 3 is 2.57 bits per heavy atom. The molecule has 114 valence electrons. The summed E-state index contributed by atoms with van der Waals surface area (Å²) in [6, 6.07) is 4.45. The molecule has 21 heavy (non-hydrogen) atoms. The highest BCUT2D eigenvalue weighted by atomic mass is 32.1. The van der Waals surface area contributed by atoms with Crippen molar-refractivity contribution in [1.82, 2.24) is 9.80 Å². The van der Waals surface area contributed by atoms with Crippen molar-refractivity contribution in [1.29, 1.82) is 0 Å². The van der Waals surface area contributed by atoms with E-state index in [-0.39, 0.29) is 17.7 Å². The van der Waals surface area contributed by atoms with Crippen molar-refractivity contribution in [2.75, 3.05) is 26.2 Å². The van der Waals surface area contributed by atoms with Gasteiger partial charge >= 0.3 is 0 Å². The van der Waals surface area contributed by atoms with Gasteiger partial charge in [0.15, 0.2) is 0 Å². The van der Waals surface area contributed by atoms with Crippen LogP contribution in [0.2, 0.25) is 0 Å². The molecule has 0 aromatic carbocycles. The van der Waals surface area contributed by atoms with Gasteiger partial charge in [-0.15, -0.1) is 11.3 Å². The first kappa shape index (κ1) is 14.5. The third-order valence-corrected chi connectivity index (χ3v) is 5.45. The fourth-order valence-electron chi connectivity index (χ4n) is 3.11. The van der Waals surface area contributed by atoms with Gasteiger partial charge in [0.1, 0.15) is 0 Å². The fraction of sp³-hybridized carbons (Fsp3) is 0.600. The van der Waals surface area contributed by atoms with Crippen molar-refractivity contribution in [2.24, 2.45) is 11.7 Å². The van der Waals surface area contributed by atoms with Crippen LogP contribution in [0.5, 0.6) is 0 Å². The third-order valence-electron chi connectivity index (χ3n) is 4.57. The molecule has 1 aromatic rings. The number of rotatable bonds is 4. The molecule has 0 spiro atoms. The molecule has 2 saturated heterocycles. The number of hydrogen-bond donors (Lipinski definition) is 1. The molecule has 1 aromatic heterocycles. The molecular formula is C15H21N3O2S. The Morgan fingerprint density at radius 2 is 2.00 bits per heavy atom. The van der Waals surface area contributed by atoms with Gasteiger partial charge in [0.25, 0.3) is 0 Å². The summed E-state index contributed by atoms with van der Waals surface area (Å²) in [5, 5.41) is 2.00. The molecule has 0 aliphatic carbocycles. The summed E-state index contributed by atoms with van der Waals surface area (Å²) in [6.07, 6.45) is 2.23. The minimum Gasteiger partial charge on any atom is -0.369 e. The zero-order valence-electron chi connectivity index (χ0n) is 12.0. The number of carbonyl (C=O) groups is 2. The lowest BCUT2D eigenvalue weighted by Gasteiger charge is -2.47. The third kappa shape index (κ3) is 3.27. The highest BCUT2D eigenvalue weighted by Gasteiger charge is 2.36. The van der Waals surface area contributed by atoms with Crippen molar-refractivity contribution in [3.05, 3.63) is 22.4 Å². The summed E-state index contributed by atoms with van der Waals surface area (Å²) in [4.78, 5) is 28.7. The molecule has 2 N–H and O–H groups in total. The van der Waals surface area contributed by atoms with E-state index in [1.54, 1.807) is 11.3 Å². The molecule has 6 heteroatoms. The van der Waals surface area contributed by atoms with Crippen LogP contribution in [0.1, 0.15) is 17.7 Å². The summed E-state index contributed by atoms with van der Waals surface area (Å²) >= 11 is 1.63. The Kier molecular flexibility index (Phi) is 4.26. The van der Waals surface area contributed by atoms with E-state index in [9.17, 15) is 9.59 Å². The van der Waals surface area contributed by atoms with Crippen LogP contribution in [-0.4, -0.2) is 53.8 Å². The van der Waals surface area contributed by atoms with Gasteiger partial charge in [0, 0.05) is 29.9 Å². The molecule has 0 bridgehead atoms. The minimum absolute atomic E-state index is 0.0397. The number of nitrogens with two attached hydrogens (primary N) is 1. The van der Waals surface area contributed by atoms with Gasteiger partial charge in [-0.2, -0.15) is 0 Å². The molecular weight excluding hydrogens is 286 g/mol. The highest BCUT2D eigenvalue weighted by molar-refractivity contribution is 7.10. The standard InChI is InChI=1S/C15H21N3O2S/c16-15(20)11-3-5-17(6-4-11)12-9-18(10-12)14(19)8-13-2-1-7-21-13/h1-2,7,11-12H,3-6,8-10H2,(H2,16,20). The van der Waals surface area contributed by atoms with Crippen molar-refractivity contribution < 1.29 is 9.59 Å². The normalized spacial score (nSPS) is 21.2. The van der Waals surface area contributed by atoms with Gasteiger partial charge < -0.3 is 10.6 Å². The van der Waals surface area contributed by atoms with Crippen molar-refractivity contribution in [3.8, 4) is 0 Å². The Morgan fingerprint density at radius 1 is 1.29 bits per heavy atom. The van der Waals surface area contributed by atoms with Gasteiger partial charge in [-0.25, -0.2) is 0 Å². The van der Waals surface area contributed by atoms with Crippen LogP contribution in [0.3, 0.4) is 0 Å². The Labute approximate surface area is 128 Å². The van der Waals surface area contributed by atoms with Gasteiger partial charge in [-0.1, -0.05) is 6.07 Å². The Bertz CT molecular complexity index is 503. The Balaban J connectivity index is 1.42. The summed E-state index contributed by atoms with van der Waals surface area (Å²) in [6.45, 7) is 3.49. The van der Waals surface area contributed by atoms with Crippen molar-refractivity contribution >= 4 is 23.2 Å². The first-order valence-electron chi connectivity index (χ1n) is 7.47. The van der Waals surface area contributed by atoms with Crippen LogP contribution in [-0.2, 0) is 16.0 Å². The number of amides is 2. The lowest BCUT2D eigenvalue weighted by atomic mass is 9.93. The van der Waals surface area contributed by atoms with Crippen LogP contribution in [0, 0.1) is 5.92 Å². The van der Waals surface area contributed by atoms with Crippen LogP contribution in [0.15, 0.2) is 17.5 Å². The van der Waals surface area contributed by atoms with E-state index < -0.39 is 0 Å². The molecule has 0 radical (unpaired) electrons. The van der Waals surface area contributed by atoms with Gasteiger partial charge in [0.05, 0.1) is 6.42 Å². The van der Waals surface area contributed by atoms with Gasteiger partial charge in [-0.05, 0) is 37.4 Å². The number of nitrogens with zero attached hydrogens (tertiary/aromatic N) is 2. The summed E-state index contributed by atoms with van der Waals surface area (Å²) < 4.78 is 0. The second-order valence-corrected chi connectivity index (χ2v) is 6.95. The largest absolute Gasteiger partial charge is 0.369 e. The smallest absolute Gasteiger partial charge is 0.227 e. The maximum Gasteiger partial charge on any atom is 0.227 e. The van der Waals surface area contributed by atoms with E-state index in [0.717, 1.165) is 43.9 Å². The summed E-state index contributed by atoms with van der Waals surface area (Å²) in [5.41, 5.74) is 5.35. The molecule has 0 atom stereocenters. The maximum absolute atomic E-state index is 12.1. The fourth-order valence-corrected chi connectivity index (χ4v) is 3.81. The zero-order valence-corrected chi connectivity index (χ0v) is 12.8. The summed E-state index contributed by atoms with van der Waals surface area (Å²) in [7, 11) is 0. The van der Waals surface area contributed by atoms with Crippen LogP contribution in [0.4, 0.5) is 0 Å². The lowest BCUT2D eigenvalue weighted by Crippen LogP contribution is -2.62. The average Bonchev–Trinajstić information content (AvgIpc) is 2.90. The number of carbonyl (C=O) groups excluding carboxylic acids is 2. The first-order chi connectivity index (χ1) is 10.1. The second kappa shape index (κ2) is 6.15. The minimum atomic E-state index is -0.170. The Hall–Kier alpha value is -1.40. The molecule has 2 fully saturated rings. The topological polar surface area (TPSA) is 66.6 Å². The molecule has 5 nitrogen and oxygen atoms in total. The molecule has 0 unspecified atom stereocenters. The van der Waals surface area contributed by atoms with Crippen LogP contribution >= 0.6 is 11.3 Å². The molecule has 2 aliphatic rings. The van der Waals surface area contributed by atoms with Crippen LogP contribution in [0.25, 0.3) is 0 Å². The predicted molar refractivity (Wildman–Crippen MR) is 81.9 cm³/mol. The van der Waals surface area contributed by atoms with E-state index in [4.69, 9.17) is 5.73 Å². The number of thiophene rings is 1. The van der Waals surface area contributed by atoms with E-state index in [2.05, 4.69) is 4.90 Å². The number of primary amides is 1. The molecule has 2 aliphatic heterocycles. The van der Waals surface area contributed by atoms with E-state index in [1.165, 1.54) is 0 Å². The van der Waals surface area contributed by atoms with Gasteiger partial charge in [-0.3, -0.25) is 14.5 Å². The molecule has 3 heterocycles. The SMILES string of the molecule is NC(=O)C1CCN(C2CN(C(=O)Cc3cccs3)C2)CC1. The van der Waals surface area contributed by atoms with Crippen LogP contribution < -0.4 is 5.73 Å². The van der Waals surface area contributed by atoms with Crippen molar-refractivity contribution in [2.45, 2.75) is 25.3 Å². The van der Waals surface area contributed by atoms with E-state index in [1.807, 2.05) is 22.4 Å². The number of likely N-dealkylation sites (tertiary alicyclic amines) is 2. The molecule has 3 rings (SSSR count). The average molecular weight is 307 g/mol. The second-order valence-electron chi connectivity index (χ2n) is 5.92. The monoisotopic (exact) mass is 307 g/mol. The first-order valence-corrected chi connectivity index (χ1v) is 8.35. The summed E-state index contributed by atoms with van der Waals surface area (Å²) in [5.74, 6) is 0.0922. The zero-order chi connectivity index (χ0) is 14.8. The predicted octanol–water partition coefficient (Wildman–Crippen LogP) is 0.699. The highest BCUT2D eigenvalue weighted by Crippen LogP contribution is 2.24. The van der Waals surface area contributed by atoms with Crippen molar-refractivity contribution in [3.63, 3.8) is 0 Å². The van der Waals surface area contributed by atoms with E-state index in [0.29, 0.717) is 12.5 Å². The van der Waals surface area contributed by atoms with Gasteiger partial charge in [0.2, 0.25) is 11.8 Å². The number of piperidine rings is 1. The number of hydrogen-bond acceptors (Lipinski definition) is 4. The van der Waals surface area contributed by atoms with E-state index >= 15 is 0 Å². The maximum atomic E-state index is 12.1. The lowest BCUT2D eigenvalue weighted by molar-refractivity contribution is -0.138. The molecule has 2 amide bonds. The molecule has 0 saturated carbocycles.